The molecule has 3 aromatic rings. The summed E-state index contributed by atoms with van der Waals surface area (Å²) in [4.78, 5) is 17.8. The number of pyridine rings is 1. The van der Waals surface area contributed by atoms with Gasteiger partial charge in [-0.05, 0) is 48.4 Å². The summed E-state index contributed by atoms with van der Waals surface area (Å²) in [5, 5.41) is 5.43. The molecule has 9 nitrogen and oxygen atoms in total. The van der Waals surface area contributed by atoms with Gasteiger partial charge in [0.1, 0.15) is 27.6 Å². The minimum Gasteiger partial charge on any atom is -0.375 e. The van der Waals surface area contributed by atoms with Crippen LogP contribution in [0.4, 0.5) is 27.7 Å². The van der Waals surface area contributed by atoms with E-state index >= 15 is 0 Å². The number of fused-ring (bicyclic) bond motifs is 1. The van der Waals surface area contributed by atoms with Crippen molar-refractivity contribution >= 4 is 43.9 Å². The Balaban J connectivity index is 1.37. The number of ether oxygens (including phenoxy) is 1. The van der Waals surface area contributed by atoms with E-state index in [4.69, 9.17) is 4.74 Å². The fourth-order valence-electron chi connectivity index (χ4n) is 5.50. The van der Waals surface area contributed by atoms with Crippen LogP contribution in [0.1, 0.15) is 38.7 Å². The molecule has 2 atom stereocenters. The van der Waals surface area contributed by atoms with E-state index in [0.717, 1.165) is 16.5 Å². The molecule has 2 saturated heterocycles. The van der Waals surface area contributed by atoms with Gasteiger partial charge in [0, 0.05) is 62.4 Å². The summed E-state index contributed by atoms with van der Waals surface area (Å²) in [6, 6.07) is 8.07. The average Bonchev–Trinajstić information content (AvgIpc) is 2.86. The molecule has 0 bridgehead atoms. The lowest BCUT2D eigenvalue weighted by Gasteiger charge is -2.41. The Hall–Kier alpha value is -3.05. The maximum Gasteiger partial charge on any atom is 0.227 e. The summed E-state index contributed by atoms with van der Waals surface area (Å²) in [6.07, 6.45) is 4.23. The van der Waals surface area contributed by atoms with Crippen LogP contribution in [0, 0.1) is 5.92 Å². The summed E-state index contributed by atoms with van der Waals surface area (Å²) >= 11 is 0. The molecule has 2 fully saturated rings. The largest absolute Gasteiger partial charge is 0.375 e. The molecule has 1 N–H and O–H groups in total. The number of hydrogen-bond donors (Lipinski definition) is 1. The van der Waals surface area contributed by atoms with Crippen LogP contribution in [-0.4, -0.2) is 80.4 Å². The average molecular weight is 557 g/mol. The molecule has 2 aliphatic heterocycles. The SMILES string of the molecule is CO[C@@]1(C)CCN(c2nccc(Nc3cc4c(C(C)C)ccc(N5CC(CS(C)(=O)=O)C5)c4cn3)n2)C[C@@H]1F. The van der Waals surface area contributed by atoms with E-state index in [1.165, 1.54) is 11.8 Å². The van der Waals surface area contributed by atoms with Gasteiger partial charge < -0.3 is 19.9 Å². The van der Waals surface area contributed by atoms with Gasteiger partial charge in [-0.1, -0.05) is 19.9 Å². The number of benzene rings is 1. The van der Waals surface area contributed by atoms with Crippen molar-refractivity contribution in [3.8, 4) is 0 Å². The Morgan fingerprint density at radius 1 is 1.13 bits per heavy atom. The van der Waals surface area contributed by atoms with Crippen LogP contribution in [0.3, 0.4) is 0 Å². The van der Waals surface area contributed by atoms with Crippen LogP contribution >= 0.6 is 0 Å². The Bertz CT molecular complexity index is 1460. The predicted octanol–water partition coefficient (Wildman–Crippen LogP) is 4.33. The fourth-order valence-corrected chi connectivity index (χ4v) is 6.57. The number of nitrogens with zero attached hydrogens (tertiary/aromatic N) is 5. The van der Waals surface area contributed by atoms with E-state index < -0.39 is 21.6 Å². The number of halogens is 1. The molecule has 5 rings (SSSR count). The predicted molar refractivity (Wildman–Crippen MR) is 154 cm³/mol. The topological polar surface area (TPSA) is 101 Å². The number of alkyl halides is 1. The zero-order valence-corrected chi connectivity index (χ0v) is 24.0. The van der Waals surface area contributed by atoms with Gasteiger partial charge in [0.2, 0.25) is 5.95 Å². The zero-order chi connectivity index (χ0) is 27.9. The van der Waals surface area contributed by atoms with Crippen molar-refractivity contribution < 1.29 is 17.5 Å². The van der Waals surface area contributed by atoms with Crippen molar-refractivity contribution in [2.45, 2.75) is 44.9 Å². The van der Waals surface area contributed by atoms with Gasteiger partial charge in [0.25, 0.3) is 0 Å². The van der Waals surface area contributed by atoms with Crippen LogP contribution < -0.4 is 15.1 Å². The molecule has 0 aliphatic carbocycles. The van der Waals surface area contributed by atoms with Crippen LogP contribution in [0.5, 0.6) is 0 Å². The first-order chi connectivity index (χ1) is 18.5. The van der Waals surface area contributed by atoms with Crippen molar-refractivity contribution in [3.05, 3.63) is 42.2 Å². The molecule has 2 aliphatic rings. The Morgan fingerprint density at radius 2 is 1.90 bits per heavy atom. The van der Waals surface area contributed by atoms with E-state index in [1.54, 1.807) is 26.3 Å². The lowest BCUT2D eigenvalue weighted by atomic mass is 9.91. The molecule has 2 aromatic heterocycles. The van der Waals surface area contributed by atoms with Gasteiger partial charge in [0.15, 0.2) is 0 Å². The van der Waals surface area contributed by atoms with Crippen LogP contribution in [0.2, 0.25) is 0 Å². The van der Waals surface area contributed by atoms with Crippen molar-refractivity contribution in [2.75, 3.05) is 60.4 Å². The Labute approximate surface area is 229 Å². The third kappa shape index (κ3) is 5.79. The van der Waals surface area contributed by atoms with Gasteiger partial charge in [0.05, 0.1) is 17.9 Å². The minimum atomic E-state index is -2.99. The van der Waals surface area contributed by atoms with Crippen molar-refractivity contribution in [1.29, 1.82) is 0 Å². The number of hydrogen-bond acceptors (Lipinski definition) is 9. The second kappa shape index (κ2) is 10.5. The standard InChI is InChI=1S/C28H37FN6O3S/c1-18(2)20-6-7-23(35-14-19(15-35)17-39(5,36)37)22-13-31-26(12-21(20)22)32-25-8-10-30-27(33-25)34-11-9-28(3,38-4)24(29)16-34/h6-8,10,12-13,18-19,24H,9,11,14-17H2,1-5H3,(H,30,31,32,33)/t24-,28-/m0/s1. The molecule has 0 radical (unpaired) electrons. The van der Waals surface area contributed by atoms with Gasteiger partial charge in [-0.2, -0.15) is 4.98 Å². The summed E-state index contributed by atoms with van der Waals surface area (Å²) in [5.74, 6) is 2.37. The van der Waals surface area contributed by atoms with Gasteiger partial charge in [-0.3, -0.25) is 0 Å². The van der Waals surface area contributed by atoms with E-state index in [2.05, 4.69) is 51.1 Å². The van der Waals surface area contributed by atoms with Crippen molar-refractivity contribution in [3.63, 3.8) is 0 Å². The molecule has 39 heavy (non-hydrogen) atoms. The number of rotatable bonds is 8. The smallest absolute Gasteiger partial charge is 0.227 e. The summed E-state index contributed by atoms with van der Waals surface area (Å²) in [7, 11) is -1.44. The van der Waals surface area contributed by atoms with Gasteiger partial charge in [-0.25, -0.2) is 22.8 Å². The Morgan fingerprint density at radius 3 is 2.56 bits per heavy atom. The highest BCUT2D eigenvalue weighted by molar-refractivity contribution is 7.90. The maximum atomic E-state index is 14.8. The molecule has 0 amide bonds. The van der Waals surface area contributed by atoms with Crippen molar-refractivity contribution in [2.24, 2.45) is 5.92 Å². The van der Waals surface area contributed by atoms with E-state index in [1.807, 2.05) is 17.2 Å². The van der Waals surface area contributed by atoms with Gasteiger partial charge in [-0.15, -0.1) is 0 Å². The molecular weight excluding hydrogens is 519 g/mol. The lowest BCUT2D eigenvalue weighted by molar-refractivity contribution is -0.0679. The molecule has 4 heterocycles. The van der Waals surface area contributed by atoms with Crippen LogP contribution in [0.15, 0.2) is 36.7 Å². The number of nitrogens with one attached hydrogen (secondary N) is 1. The number of methoxy groups -OCH3 is 1. The maximum absolute atomic E-state index is 14.8. The van der Waals surface area contributed by atoms with Crippen molar-refractivity contribution in [1.82, 2.24) is 15.0 Å². The first-order valence-corrected chi connectivity index (χ1v) is 15.4. The molecule has 1 aromatic carbocycles. The normalized spacial score (nSPS) is 22.4. The molecule has 210 valence electrons. The molecule has 0 unspecified atom stereocenters. The quantitative estimate of drug-likeness (QED) is 0.435. The highest BCUT2D eigenvalue weighted by Crippen LogP contribution is 2.37. The third-order valence-corrected chi connectivity index (χ3v) is 9.02. The molecular formula is C28H37FN6O3S. The highest BCUT2D eigenvalue weighted by Gasteiger charge is 2.40. The zero-order valence-electron chi connectivity index (χ0n) is 23.2. The fraction of sp³-hybridized carbons (Fsp3) is 0.536. The van der Waals surface area contributed by atoms with Crippen LogP contribution in [0.25, 0.3) is 10.8 Å². The third-order valence-electron chi connectivity index (χ3n) is 7.94. The monoisotopic (exact) mass is 556 g/mol. The number of anilines is 4. The molecule has 11 heteroatoms. The Kier molecular flexibility index (Phi) is 7.41. The number of aromatic nitrogens is 3. The van der Waals surface area contributed by atoms with E-state index in [0.29, 0.717) is 49.6 Å². The summed E-state index contributed by atoms with van der Waals surface area (Å²) < 4.78 is 43.6. The first kappa shape index (κ1) is 27.5. The number of sulfone groups is 1. The lowest BCUT2D eigenvalue weighted by Crippen LogP contribution is -2.53. The number of piperidine rings is 1. The molecule has 0 spiro atoms. The summed E-state index contributed by atoms with van der Waals surface area (Å²) in [5.41, 5.74) is 1.48. The first-order valence-electron chi connectivity index (χ1n) is 13.4. The van der Waals surface area contributed by atoms with E-state index in [9.17, 15) is 12.8 Å². The second-order valence-electron chi connectivity index (χ2n) is 11.4. The van der Waals surface area contributed by atoms with E-state index in [-0.39, 0.29) is 18.2 Å². The molecule has 0 saturated carbocycles. The second-order valence-corrected chi connectivity index (χ2v) is 13.5. The van der Waals surface area contributed by atoms with Crippen LogP contribution in [-0.2, 0) is 14.6 Å². The highest BCUT2D eigenvalue weighted by atomic mass is 32.2. The summed E-state index contributed by atoms with van der Waals surface area (Å²) in [6.45, 7) is 8.32. The minimum absolute atomic E-state index is 0.150. The van der Waals surface area contributed by atoms with Gasteiger partial charge >= 0.3 is 0 Å².